The molecule has 0 unspecified atom stereocenters. The molecule has 2 bridgehead atoms. The molecule has 1 aliphatic carbocycles. The number of nitrogens with zero attached hydrogens (tertiary/aromatic N) is 3. The summed E-state index contributed by atoms with van der Waals surface area (Å²) in [6, 6.07) is 9.33. The summed E-state index contributed by atoms with van der Waals surface area (Å²) in [5.74, 6) is 2.56. The maximum Gasteiger partial charge on any atom is 0.224 e. The molecular formula is C27H35N3O2. The van der Waals surface area contributed by atoms with E-state index < -0.39 is 0 Å². The number of likely N-dealkylation sites (tertiary alicyclic amines) is 1. The number of hydrogen-bond donors (Lipinski definition) is 0. The van der Waals surface area contributed by atoms with Gasteiger partial charge in [-0.25, -0.2) is 0 Å². The van der Waals surface area contributed by atoms with Gasteiger partial charge in [0, 0.05) is 43.7 Å². The molecule has 1 aromatic heterocycles. The molecule has 4 atom stereocenters. The van der Waals surface area contributed by atoms with Crippen molar-refractivity contribution in [2.75, 3.05) is 26.7 Å². The van der Waals surface area contributed by atoms with Gasteiger partial charge in [-0.2, -0.15) is 0 Å². The van der Waals surface area contributed by atoms with Crippen LogP contribution >= 0.6 is 0 Å². The highest BCUT2D eigenvalue weighted by Crippen LogP contribution is 2.45. The van der Waals surface area contributed by atoms with Crippen molar-refractivity contribution in [2.24, 2.45) is 11.8 Å². The van der Waals surface area contributed by atoms with Gasteiger partial charge in [0.15, 0.2) is 0 Å². The number of piperidine rings is 3. The molecule has 5 heteroatoms. The second kappa shape index (κ2) is 8.26. The minimum Gasteiger partial charge on any atom is -0.496 e. The maximum atomic E-state index is 13.5. The number of carbonyl (C=O) groups is 1. The molecule has 3 aliphatic heterocycles. The van der Waals surface area contributed by atoms with E-state index in [9.17, 15) is 4.79 Å². The third-order valence-corrected chi connectivity index (χ3v) is 8.54. The number of hydrogen-bond acceptors (Lipinski definition) is 3. The van der Waals surface area contributed by atoms with Crippen molar-refractivity contribution in [3.8, 4) is 5.75 Å². The Hall–Kier alpha value is -2.27. The molecular weight excluding hydrogens is 398 g/mol. The average molecular weight is 434 g/mol. The molecule has 0 N–H and O–H groups in total. The predicted octanol–water partition coefficient (Wildman–Crippen LogP) is 4.46. The van der Waals surface area contributed by atoms with Gasteiger partial charge in [-0.05, 0) is 68.7 Å². The first-order valence-electron chi connectivity index (χ1n) is 12.6. The van der Waals surface area contributed by atoms with Gasteiger partial charge in [-0.15, -0.1) is 0 Å². The van der Waals surface area contributed by atoms with Crippen molar-refractivity contribution < 1.29 is 9.53 Å². The number of carbonyl (C=O) groups excluding carboxylic acids is 1. The van der Waals surface area contributed by atoms with Gasteiger partial charge >= 0.3 is 0 Å². The Balaban J connectivity index is 1.20. The summed E-state index contributed by atoms with van der Waals surface area (Å²) in [6.45, 7) is 4.09. The Morgan fingerprint density at radius 3 is 3.00 bits per heavy atom. The van der Waals surface area contributed by atoms with E-state index in [0.29, 0.717) is 24.3 Å². The van der Waals surface area contributed by atoms with Crippen molar-refractivity contribution in [2.45, 2.75) is 63.6 Å². The minimum atomic E-state index is 0.324. The summed E-state index contributed by atoms with van der Waals surface area (Å²) in [6.07, 6.45) is 12.9. The van der Waals surface area contributed by atoms with Crippen LogP contribution < -0.4 is 4.74 Å². The molecule has 3 fully saturated rings. The van der Waals surface area contributed by atoms with Crippen molar-refractivity contribution in [3.05, 3.63) is 42.1 Å². The Morgan fingerprint density at radius 1 is 1.16 bits per heavy atom. The van der Waals surface area contributed by atoms with Gasteiger partial charge in [0.25, 0.3) is 0 Å². The lowest BCUT2D eigenvalue weighted by Gasteiger charge is -2.54. The molecule has 170 valence electrons. The third kappa shape index (κ3) is 3.37. The number of amides is 1. The second-order valence-corrected chi connectivity index (χ2v) is 10.2. The summed E-state index contributed by atoms with van der Waals surface area (Å²) < 4.78 is 7.70. The van der Waals surface area contributed by atoms with E-state index in [0.717, 1.165) is 48.1 Å². The predicted molar refractivity (Wildman–Crippen MR) is 127 cm³/mol. The fourth-order valence-corrected chi connectivity index (χ4v) is 7.18. The van der Waals surface area contributed by atoms with E-state index in [1.54, 1.807) is 12.7 Å². The lowest BCUT2D eigenvalue weighted by Crippen LogP contribution is -2.60. The molecule has 4 heterocycles. The van der Waals surface area contributed by atoms with Crippen molar-refractivity contribution in [1.82, 2.24) is 14.4 Å². The number of methoxy groups -OCH3 is 1. The van der Waals surface area contributed by atoms with Crippen molar-refractivity contribution in [3.63, 3.8) is 0 Å². The van der Waals surface area contributed by atoms with Gasteiger partial charge in [0.05, 0.1) is 18.7 Å². The highest BCUT2D eigenvalue weighted by Gasteiger charge is 2.46. The Kier molecular flexibility index (Phi) is 5.25. The SMILES string of the molecule is COc1cccc2c1ccn2CCC(=O)N1CCCC2=C[C@H]3C[C@@H](CN4CCCC[C@@H]34)[C@@H]21. The molecule has 2 aromatic rings. The van der Waals surface area contributed by atoms with Crippen molar-refractivity contribution in [1.29, 1.82) is 0 Å². The van der Waals surface area contributed by atoms with Crippen LogP contribution in [-0.4, -0.2) is 59.1 Å². The zero-order valence-electron chi connectivity index (χ0n) is 19.2. The van der Waals surface area contributed by atoms with Gasteiger partial charge < -0.3 is 14.2 Å². The monoisotopic (exact) mass is 433 g/mol. The first-order valence-corrected chi connectivity index (χ1v) is 12.6. The first-order chi connectivity index (χ1) is 15.7. The molecule has 32 heavy (non-hydrogen) atoms. The average Bonchev–Trinajstić information content (AvgIpc) is 3.25. The van der Waals surface area contributed by atoms with E-state index in [4.69, 9.17) is 4.74 Å². The van der Waals surface area contributed by atoms with E-state index >= 15 is 0 Å². The summed E-state index contributed by atoms with van der Waals surface area (Å²) in [4.78, 5) is 18.5. The minimum absolute atomic E-state index is 0.324. The molecule has 6 rings (SSSR count). The van der Waals surface area contributed by atoms with Crippen LogP contribution in [0, 0.1) is 11.8 Å². The number of rotatable bonds is 4. The summed E-state index contributed by atoms with van der Waals surface area (Å²) in [7, 11) is 1.71. The molecule has 5 nitrogen and oxygen atoms in total. The molecule has 0 radical (unpaired) electrons. The largest absolute Gasteiger partial charge is 0.496 e. The quantitative estimate of drug-likeness (QED) is 0.668. The van der Waals surface area contributed by atoms with Crippen LogP contribution in [0.4, 0.5) is 0 Å². The summed E-state index contributed by atoms with van der Waals surface area (Å²) in [5, 5.41) is 1.11. The number of ether oxygens (including phenoxy) is 1. The summed E-state index contributed by atoms with van der Waals surface area (Å²) in [5.41, 5.74) is 2.72. The number of aromatic nitrogens is 1. The molecule has 3 saturated heterocycles. The van der Waals surface area contributed by atoms with Gasteiger partial charge in [0.2, 0.25) is 5.91 Å². The van der Waals surface area contributed by atoms with Gasteiger partial charge in [0.1, 0.15) is 5.75 Å². The number of aryl methyl sites for hydroxylation is 1. The Labute approximate surface area is 191 Å². The topological polar surface area (TPSA) is 37.7 Å². The van der Waals surface area contributed by atoms with Gasteiger partial charge in [-0.3, -0.25) is 9.69 Å². The van der Waals surface area contributed by atoms with E-state index in [-0.39, 0.29) is 0 Å². The lowest BCUT2D eigenvalue weighted by molar-refractivity contribution is -0.136. The first kappa shape index (κ1) is 20.3. The molecule has 1 aromatic carbocycles. The number of benzene rings is 1. The van der Waals surface area contributed by atoms with Crippen LogP contribution in [0.15, 0.2) is 42.1 Å². The smallest absolute Gasteiger partial charge is 0.224 e. The highest BCUT2D eigenvalue weighted by atomic mass is 16.5. The molecule has 1 amide bonds. The van der Waals surface area contributed by atoms with E-state index in [1.807, 2.05) is 12.1 Å². The zero-order valence-corrected chi connectivity index (χ0v) is 19.2. The third-order valence-electron chi connectivity index (χ3n) is 8.54. The Morgan fingerprint density at radius 2 is 2.09 bits per heavy atom. The van der Waals surface area contributed by atoms with Crippen LogP contribution in [0.1, 0.15) is 44.9 Å². The fourth-order valence-electron chi connectivity index (χ4n) is 7.18. The highest BCUT2D eigenvalue weighted by molar-refractivity contribution is 5.86. The van der Waals surface area contributed by atoms with Crippen LogP contribution in [-0.2, 0) is 11.3 Å². The maximum absolute atomic E-state index is 13.5. The summed E-state index contributed by atoms with van der Waals surface area (Å²) >= 11 is 0. The van der Waals surface area contributed by atoms with Crippen LogP contribution in [0.3, 0.4) is 0 Å². The van der Waals surface area contributed by atoms with Crippen LogP contribution in [0.25, 0.3) is 10.9 Å². The second-order valence-electron chi connectivity index (χ2n) is 10.2. The van der Waals surface area contributed by atoms with E-state index in [1.165, 1.54) is 45.2 Å². The molecule has 0 spiro atoms. The zero-order chi connectivity index (χ0) is 21.7. The lowest BCUT2D eigenvalue weighted by atomic mass is 9.68. The Bertz CT molecular complexity index is 1040. The fraction of sp³-hybridized carbons (Fsp3) is 0.593. The molecule has 0 saturated carbocycles. The van der Waals surface area contributed by atoms with E-state index in [2.05, 4.69) is 38.8 Å². The number of fused-ring (bicyclic) bond motifs is 7. The van der Waals surface area contributed by atoms with Gasteiger partial charge in [-0.1, -0.05) is 24.1 Å². The van der Waals surface area contributed by atoms with Crippen LogP contribution in [0.5, 0.6) is 5.75 Å². The standard InChI is InChI=1S/C27H35N3O2/c1-32-25-9-4-8-24-22(25)10-14-28(24)15-11-26(31)30-13-5-6-19-16-20-17-21(27(19)30)18-29-12-3-2-7-23(20)29/h4,8-10,14,16,20-21,23,27H,2-3,5-7,11-13,15,17-18H2,1H3/t20-,21-,23-,27+/m0/s1. The molecule has 4 aliphatic rings. The normalized spacial score (nSPS) is 29.9. The van der Waals surface area contributed by atoms with Crippen molar-refractivity contribution >= 4 is 16.8 Å². The van der Waals surface area contributed by atoms with Crippen LogP contribution in [0.2, 0.25) is 0 Å².